The Labute approximate surface area is 250 Å². The van der Waals surface area contributed by atoms with E-state index in [9.17, 15) is 44.4 Å². The zero-order chi connectivity index (χ0) is 32.6. The second-order valence-corrected chi connectivity index (χ2v) is 10.1. The third-order valence-corrected chi connectivity index (χ3v) is 6.96. The van der Waals surface area contributed by atoms with Crippen molar-refractivity contribution in [3.8, 4) is 0 Å². The first kappa shape index (κ1) is 33.7. The summed E-state index contributed by atoms with van der Waals surface area (Å²) in [7, 11) is 1.76. The monoisotopic (exact) mass is 620 g/mol. The zero-order valence-electron chi connectivity index (χ0n) is 23.7. The fourth-order valence-corrected chi connectivity index (χ4v) is 4.30. The average molecular weight is 621 g/mol. The molecule has 1 aliphatic rings. The van der Waals surface area contributed by atoms with Gasteiger partial charge in [-0.2, -0.15) is 4.98 Å². The Hall–Kier alpha value is -4.78. The highest BCUT2D eigenvalue weighted by molar-refractivity contribution is 5.97. The van der Waals surface area contributed by atoms with E-state index in [1.807, 2.05) is 0 Å². The van der Waals surface area contributed by atoms with Crippen molar-refractivity contribution in [2.45, 2.75) is 49.3 Å². The number of fused-ring (bicyclic) bond motifs is 1. The number of carboxylic acids is 1. The van der Waals surface area contributed by atoms with Gasteiger partial charge in [0.2, 0.25) is 5.95 Å². The van der Waals surface area contributed by atoms with Crippen molar-refractivity contribution < 1.29 is 44.3 Å². The van der Waals surface area contributed by atoms with E-state index in [0.29, 0.717) is 30.3 Å². The average Bonchev–Trinajstić information content (AvgIpc) is 2.99. The third-order valence-electron chi connectivity index (χ3n) is 6.96. The molecule has 18 heteroatoms. The van der Waals surface area contributed by atoms with Gasteiger partial charge in [-0.1, -0.05) is 0 Å². The van der Waals surface area contributed by atoms with Crippen molar-refractivity contribution in [1.82, 2.24) is 15.3 Å². The van der Waals surface area contributed by atoms with Gasteiger partial charge in [0.25, 0.3) is 11.5 Å². The minimum absolute atomic E-state index is 0.0120. The summed E-state index contributed by atoms with van der Waals surface area (Å²) >= 11 is 0. The Morgan fingerprint density at radius 3 is 2.52 bits per heavy atom. The van der Waals surface area contributed by atoms with Crippen molar-refractivity contribution >= 4 is 47.3 Å². The van der Waals surface area contributed by atoms with Gasteiger partial charge >= 0.3 is 11.9 Å². The molecule has 1 aromatic carbocycles. The second kappa shape index (κ2) is 15.1. The fourth-order valence-electron chi connectivity index (χ4n) is 4.30. The molecule has 0 spiro atoms. The first-order chi connectivity index (χ1) is 20.8. The van der Waals surface area contributed by atoms with Crippen LogP contribution in [0.1, 0.15) is 23.2 Å². The standard InChI is InChI=1S/C26H36N8O10/c1-34-14(9-30-22-19(34)24(41)33-26(28)32-22)8-29-13-4-2-12(3-5-13)23(40)31-16(25(42)43)6-7-18(37)44-11-17(36)21(39)20(38)15(27)10-35/h2-5,10,14-17,20-21,29,36,38-39H,6-9,11,27H2,1H3,(H,31,40)(H,42,43)(H4,28,30,32,33,41)/t14?,15-,16?,17+,20+,21-/m0/s1. The van der Waals surface area contributed by atoms with Gasteiger partial charge in [-0.05, 0) is 30.7 Å². The van der Waals surface area contributed by atoms with E-state index in [4.69, 9.17) is 16.2 Å². The van der Waals surface area contributed by atoms with Crippen molar-refractivity contribution in [3.05, 3.63) is 40.2 Å². The summed E-state index contributed by atoms with van der Waals surface area (Å²) in [6, 6.07) is 3.19. The molecule has 2 aromatic rings. The number of esters is 1. The number of aromatic amines is 1. The van der Waals surface area contributed by atoms with E-state index >= 15 is 0 Å². The van der Waals surface area contributed by atoms with E-state index in [1.54, 1.807) is 24.1 Å². The number of aromatic nitrogens is 2. The number of carbonyl (C=O) groups is 4. The number of rotatable bonds is 15. The van der Waals surface area contributed by atoms with Gasteiger partial charge < -0.3 is 62.3 Å². The molecule has 1 aromatic heterocycles. The molecule has 0 bridgehead atoms. The Morgan fingerprint density at radius 2 is 1.89 bits per heavy atom. The number of benzene rings is 1. The molecule has 1 amide bonds. The molecule has 12 N–H and O–H groups in total. The van der Waals surface area contributed by atoms with Crippen LogP contribution in [0.2, 0.25) is 0 Å². The number of H-pyrrole nitrogens is 1. The number of likely N-dealkylation sites (N-methyl/N-ethyl adjacent to an activating group) is 1. The smallest absolute Gasteiger partial charge is 0.326 e. The molecule has 2 heterocycles. The summed E-state index contributed by atoms with van der Waals surface area (Å²) in [5.41, 5.74) is 11.7. The normalized spacial score (nSPS) is 17.6. The summed E-state index contributed by atoms with van der Waals surface area (Å²) in [6.45, 7) is 0.162. The Balaban J connectivity index is 1.47. The van der Waals surface area contributed by atoms with Crippen LogP contribution < -0.4 is 37.9 Å². The molecule has 2 unspecified atom stereocenters. The molecule has 0 aliphatic carbocycles. The van der Waals surface area contributed by atoms with Crippen LogP contribution in [0.5, 0.6) is 0 Å². The number of hydrogen-bond acceptors (Lipinski definition) is 15. The maximum atomic E-state index is 12.7. The lowest BCUT2D eigenvalue weighted by Gasteiger charge is -2.35. The van der Waals surface area contributed by atoms with Crippen molar-refractivity contribution in [3.63, 3.8) is 0 Å². The number of aliphatic hydroxyl groups is 3. The minimum atomic E-state index is -1.87. The SMILES string of the molecule is CN1c2c(nc(N)[nH]c2=O)NCC1CNc1ccc(C(=O)NC(CCC(=O)OC[C@@H](O)[C@H](O)[C@H](O)[C@@H](N)C=O)C(=O)O)cc1. The van der Waals surface area contributed by atoms with Crippen LogP contribution in [0.25, 0.3) is 0 Å². The van der Waals surface area contributed by atoms with Crippen LogP contribution >= 0.6 is 0 Å². The molecule has 6 atom stereocenters. The first-order valence-corrected chi connectivity index (χ1v) is 13.5. The third kappa shape index (κ3) is 8.63. The number of carbonyl (C=O) groups excluding carboxylic acids is 3. The van der Waals surface area contributed by atoms with Gasteiger partial charge in [-0.25, -0.2) is 4.79 Å². The maximum absolute atomic E-state index is 12.7. The first-order valence-electron chi connectivity index (χ1n) is 13.5. The largest absolute Gasteiger partial charge is 0.480 e. The predicted molar refractivity (Wildman–Crippen MR) is 156 cm³/mol. The molecule has 240 valence electrons. The van der Waals surface area contributed by atoms with E-state index in [0.717, 1.165) is 0 Å². The van der Waals surface area contributed by atoms with Crippen molar-refractivity contribution in [1.29, 1.82) is 0 Å². The molecule has 0 radical (unpaired) electrons. The van der Waals surface area contributed by atoms with Gasteiger partial charge in [0, 0.05) is 37.8 Å². The highest BCUT2D eigenvalue weighted by Gasteiger charge is 2.31. The second-order valence-electron chi connectivity index (χ2n) is 10.1. The molecule has 0 fully saturated rings. The predicted octanol–water partition coefficient (Wildman–Crippen LogP) is -3.19. The van der Waals surface area contributed by atoms with E-state index in [1.165, 1.54) is 12.1 Å². The Bertz CT molecular complexity index is 1390. The molecule has 0 saturated carbocycles. The quantitative estimate of drug-likeness (QED) is 0.0693. The number of aldehydes is 1. The van der Waals surface area contributed by atoms with Crippen LogP contribution in [-0.2, 0) is 19.1 Å². The van der Waals surface area contributed by atoms with Crippen molar-refractivity contribution in [2.75, 3.05) is 48.0 Å². The molecule has 1 aliphatic heterocycles. The zero-order valence-corrected chi connectivity index (χ0v) is 23.7. The summed E-state index contributed by atoms with van der Waals surface area (Å²) < 4.78 is 4.79. The number of anilines is 4. The van der Waals surface area contributed by atoms with Gasteiger partial charge in [0.1, 0.15) is 42.9 Å². The topological polar surface area (TPSA) is 296 Å². The summed E-state index contributed by atoms with van der Waals surface area (Å²) in [5, 5.41) is 47.4. The molecular weight excluding hydrogens is 584 g/mol. The molecule has 44 heavy (non-hydrogen) atoms. The number of carboxylic acid groups (broad SMARTS) is 1. The van der Waals surface area contributed by atoms with E-state index in [-0.39, 0.29) is 35.8 Å². The van der Waals surface area contributed by atoms with Gasteiger partial charge in [-0.15, -0.1) is 0 Å². The van der Waals surface area contributed by atoms with E-state index < -0.39 is 61.3 Å². The molecule has 18 nitrogen and oxygen atoms in total. The fraction of sp³-hybridized carbons (Fsp3) is 0.462. The van der Waals surface area contributed by atoms with Gasteiger partial charge in [0.05, 0.1) is 12.1 Å². The van der Waals surface area contributed by atoms with Crippen LogP contribution in [0.4, 0.5) is 23.1 Å². The number of hydrogen-bond donors (Lipinski definition) is 10. The number of amides is 1. The Kier molecular flexibility index (Phi) is 11.6. The molecule has 3 rings (SSSR count). The summed E-state index contributed by atoms with van der Waals surface area (Å²) in [6.07, 6.45) is -6.05. The molecular formula is C26H36N8O10. The maximum Gasteiger partial charge on any atom is 0.326 e. The lowest BCUT2D eigenvalue weighted by molar-refractivity contribution is -0.153. The highest BCUT2D eigenvalue weighted by atomic mass is 16.5. The van der Waals surface area contributed by atoms with Crippen LogP contribution in [0.3, 0.4) is 0 Å². The highest BCUT2D eigenvalue weighted by Crippen LogP contribution is 2.25. The number of nitrogens with zero attached hydrogens (tertiary/aromatic N) is 2. The Morgan fingerprint density at radius 1 is 1.20 bits per heavy atom. The van der Waals surface area contributed by atoms with Crippen LogP contribution in [-0.4, -0.2) is 118 Å². The lowest BCUT2D eigenvalue weighted by atomic mass is 10.0. The van der Waals surface area contributed by atoms with Crippen molar-refractivity contribution in [2.24, 2.45) is 5.73 Å². The molecule has 0 saturated heterocycles. The summed E-state index contributed by atoms with van der Waals surface area (Å²) in [4.78, 5) is 67.7. The van der Waals surface area contributed by atoms with E-state index in [2.05, 4.69) is 25.9 Å². The van der Waals surface area contributed by atoms with Crippen LogP contribution in [0.15, 0.2) is 29.1 Å². The minimum Gasteiger partial charge on any atom is -0.480 e. The summed E-state index contributed by atoms with van der Waals surface area (Å²) in [5.74, 6) is -2.62. The number of aliphatic hydroxyl groups excluding tert-OH is 3. The number of nitrogens with two attached hydrogens (primary N) is 2. The van der Waals surface area contributed by atoms with Gasteiger partial charge in [-0.3, -0.25) is 19.4 Å². The van der Waals surface area contributed by atoms with Crippen LogP contribution in [0, 0.1) is 0 Å². The number of aliphatic carboxylic acids is 1. The lowest BCUT2D eigenvalue weighted by Crippen LogP contribution is -2.50. The number of nitrogen functional groups attached to an aromatic ring is 1. The van der Waals surface area contributed by atoms with Gasteiger partial charge in [0.15, 0.2) is 5.82 Å². The number of ether oxygens (including phenoxy) is 1. The number of nitrogens with one attached hydrogen (secondary N) is 4.